The molecule has 12 heteroatoms. The fourth-order valence-electron chi connectivity index (χ4n) is 3.78. The van der Waals surface area contributed by atoms with Gasteiger partial charge < -0.3 is 4.74 Å². The highest BCUT2D eigenvalue weighted by Gasteiger charge is 2.32. The zero-order chi connectivity index (χ0) is 23.8. The Morgan fingerprint density at radius 2 is 1.88 bits per heavy atom. The molecule has 0 spiro atoms. The lowest BCUT2D eigenvalue weighted by molar-refractivity contribution is 0.217. The number of aromatic nitrogens is 5. The largest absolute Gasteiger partial charge is 0.384 e. The van der Waals surface area contributed by atoms with E-state index in [1.165, 1.54) is 19.4 Å². The number of ether oxygens (including phenoxy) is 1. The van der Waals surface area contributed by atoms with Crippen LogP contribution in [-0.4, -0.2) is 71.6 Å². The van der Waals surface area contributed by atoms with Gasteiger partial charge in [0.1, 0.15) is 11.5 Å². The third-order valence-electron chi connectivity index (χ3n) is 5.41. The van der Waals surface area contributed by atoms with Crippen LogP contribution in [0.2, 0.25) is 0 Å². The van der Waals surface area contributed by atoms with Gasteiger partial charge in [-0.25, -0.2) is 32.7 Å². The summed E-state index contributed by atoms with van der Waals surface area (Å²) >= 11 is 0. The van der Waals surface area contributed by atoms with E-state index < -0.39 is 9.84 Å². The predicted molar refractivity (Wildman–Crippen MR) is 123 cm³/mol. The van der Waals surface area contributed by atoms with E-state index in [0.29, 0.717) is 30.3 Å². The molecule has 0 saturated carbocycles. The second-order valence-corrected chi connectivity index (χ2v) is 10.0. The third kappa shape index (κ3) is 4.35. The predicted octanol–water partition coefficient (Wildman–Crippen LogP) is 2.13. The van der Waals surface area contributed by atoms with E-state index in [1.54, 1.807) is 26.7 Å². The molecule has 1 aliphatic rings. The lowest BCUT2D eigenvalue weighted by Crippen LogP contribution is -2.32. The van der Waals surface area contributed by atoms with Crippen molar-refractivity contribution in [2.45, 2.75) is 24.9 Å². The molecule has 0 radical (unpaired) electrons. The Bertz CT molecular complexity index is 1250. The number of anilines is 2. The summed E-state index contributed by atoms with van der Waals surface area (Å²) in [6, 6.07) is 8.51. The standard InChI is InChI=1S/C21H27N7O4S/c1-15(2)28-20(24-25(28)3)17-6-5-7-18(23-17)27-11-10-26(21(27)29)16-8-9-19(22-14-16)33(30,31)13-12-32-4/h5-9,14-15H,10-13H2,1-4H3. The van der Waals surface area contributed by atoms with Gasteiger partial charge in [0, 0.05) is 33.3 Å². The van der Waals surface area contributed by atoms with E-state index in [1.807, 2.05) is 23.9 Å². The van der Waals surface area contributed by atoms with Crippen molar-refractivity contribution in [1.82, 2.24) is 24.5 Å². The van der Waals surface area contributed by atoms with Gasteiger partial charge in [-0.15, -0.1) is 5.10 Å². The van der Waals surface area contributed by atoms with Crippen molar-refractivity contribution in [2.75, 3.05) is 42.4 Å². The van der Waals surface area contributed by atoms with Gasteiger partial charge in [-0.05, 0) is 38.1 Å². The molecule has 1 fully saturated rings. The highest BCUT2D eigenvalue weighted by molar-refractivity contribution is 7.91. The van der Waals surface area contributed by atoms with Gasteiger partial charge in [0.2, 0.25) is 0 Å². The number of hydrogen-bond donors (Lipinski definition) is 0. The fraction of sp³-hybridized carbons (Fsp3) is 0.429. The van der Waals surface area contributed by atoms with E-state index in [4.69, 9.17) is 4.74 Å². The summed E-state index contributed by atoms with van der Waals surface area (Å²) in [4.78, 5) is 26.8. The summed E-state index contributed by atoms with van der Waals surface area (Å²) < 4.78 is 31.4. The molecule has 1 saturated heterocycles. The Hall–Kier alpha value is -3.25. The maximum Gasteiger partial charge on any atom is 0.330 e. The Balaban J connectivity index is 1.53. The summed E-state index contributed by atoms with van der Waals surface area (Å²) in [6.07, 6.45) is 1.41. The third-order valence-corrected chi connectivity index (χ3v) is 7.00. The maximum absolute atomic E-state index is 13.1. The van der Waals surface area contributed by atoms with Crippen LogP contribution >= 0.6 is 0 Å². The number of carbonyl (C=O) groups is 1. The van der Waals surface area contributed by atoms with Crippen LogP contribution in [0.25, 0.3) is 11.5 Å². The molecule has 33 heavy (non-hydrogen) atoms. The van der Waals surface area contributed by atoms with Crippen LogP contribution < -0.4 is 9.80 Å². The number of aryl methyl sites for hydroxylation is 1. The SMILES string of the molecule is COCCS(=O)(=O)c1ccc(N2CCN(c3cccc(-c4nn(C)n4C(C)C)n3)C2=O)cn1. The first-order valence-corrected chi connectivity index (χ1v) is 12.2. The van der Waals surface area contributed by atoms with E-state index in [9.17, 15) is 13.2 Å². The van der Waals surface area contributed by atoms with Crippen molar-refractivity contribution >= 4 is 27.4 Å². The summed E-state index contributed by atoms with van der Waals surface area (Å²) in [5, 5.41) is 4.39. The van der Waals surface area contributed by atoms with E-state index in [-0.39, 0.29) is 29.5 Å². The lowest BCUT2D eigenvalue weighted by atomic mass is 10.3. The zero-order valence-corrected chi connectivity index (χ0v) is 19.9. The van der Waals surface area contributed by atoms with Crippen LogP contribution in [0, 0.1) is 0 Å². The Morgan fingerprint density at radius 1 is 1.12 bits per heavy atom. The van der Waals surface area contributed by atoms with Gasteiger partial charge in [-0.2, -0.15) is 0 Å². The van der Waals surface area contributed by atoms with Crippen molar-refractivity contribution in [1.29, 1.82) is 0 Å². The van der Waals surface area contributed by atoms with Crippen molar-refractivity contribution in [3.05, 3.63) is 36.5 Å². The topological polar surface area (TPSA) is 115 Å². The first-order chi connectivity index (χ1) is 15.7. The quantitative estimate of drug-likeness (QED) is 0.492. The number of urea groups is 1. The van der Waals surface area contributed by atoms with Crippen molar-refractivity contribution in [3.63, 3.8) is 0 Å². The number of sulfone groups is 1. The number of rotatable bonds is 8. The fourth-order valence-corrected chi connectivity index (χ4v) is 4.86. The van der Waals surface area contributed by atoms with Crippen molar-refractivity contribution in [3.8, 4) is 11.5 Å². The number of carbonyl (C=O) groups excluding carboxylic acids is 1. The molecule has 0 N–H and O–H groups in total. The molecule has 4 heterocycles. The smallest absolute Gasteiger partial charge is 0.330 e. The second kappa shape index (κ2) is 8.94. The van der Waals surface area contributed by atoms with E-state index in [0.717, 1.165) is 5.82 Å². The average molecular weight is 474 g/mol. The van der Waals surface area contributed by atoms with Gasteiger partial charge >= 0.3 is 6.03 Å². The molecule has 2 amide bonds. The number of pyridine rings is 2. The number of methoxy groups -OCH3 is 1. The minimum atomic E-state index is -3.53. The molecular weight excluding hydrogens is 446 g/mol. The van der Waals surface area contributed by atoms with Crippen molar-refractivity contribution in [2.24, 2.45) is 7.05 Å². The highest BCUT2D eigenvalue weighted by Crippen LogP contribution is 2.27. The molecule has 0 atom stereocenters. The molecule has 0 unspecified atom stereocenters. The minimum absolute atomic E-state index is 0.0397. The molecule has 0 bridgehead atoms. The number of amides is 2. The Morgan fingerprint density at radius 3 is 2.52 bits per heavy atom. The molecule has 0 aromatic carbocycles. The van der Waals surface area contributed by atoms with Gasteiger partial charge in [0.15, 0.2) is 20.7 Å². The number of hydrogen-bond acceptors (Lipinski definition) is 7. The van der Waals surface area contributed by atoms with Gasteiger partial charge in [-0.3, -0.25) is 9.80 Å². The van der Waals surface area contributed by atoms with E-state index >= 15 is 0 Å². The average Bonchev–Trinajstić information content (AvgIpc) is 3.17. The normalized spacial score (nSPS) is 14.6. The van der Waals surface area contributed by atoms with Crippen LogP contribution in [-0.2, 0) is 21.6 Å². The van der Waals surface area contributed by atoms with Crippen molar-refractivity contribution < 1.29 is 17.9 Å². The van der Waals surface area contributed by atoms with Gasteiger partial charge in [0.25, 0.3) is 0 Å². The summed E-state index contributed by atoms with van der Waals surface area (Å²) in [6.45, 7) is 5.11. The molecular formula is C21H27N7O4S. The molecule has 176 valence electrons. The molecule has 0 aliphatic carbocycles. The molecule has 1 aliphatic heterocycles. The van der Waals surface area contributed by atoms with Crippen LogP contribution in [0.5, 0.6) is 0 Å². The lowest BCUT2D eigenvalue weighted by Gasteiger charge is -2.25. The molecule has 3 aromatic rings. The first kappa shape index (κ1) is 22.9. The Kier molecular flexibility index (Phi) is 6.21. The summed E-state index contributed by atoms with van der Waals surface area (Å²) in [5.41, 5.74) is 1.22. The van der Waals surface area contributed by atoms with Gasteiger partial charge in [0.05, 0.1) is 24.2 Å². The van der Waals surface area contributed by atoms with Crippen LogP contribution in [0.3, 0.4) is 0 Å². The van der Waals surface area contributed by atoms with E-state index in [2.05, 4.69) is 28.9 Å². The molecule has 3 aromatic heterocycles. The first-order valence-electron chi connectivity index (χ1n) is 10.6. The van der Waals surface area contributed by atoms with Crippen LogP contribution in [0.15, 0.2) is 41.6 Å². The van der Waals surface area contributed by atoms with Gasteiger partial charge in [-0.1, -0.05) is 6.07 Å². The Labute approximate surface area is 192 Å². The maximum atomic E-state index is 13.1. The minimum Gasteiger partial charge on any atom is -0.384 e. The zero-order valence-electron chi connectivity index (χ0n) is 19.0. The summed E-state index contributed by atoms with van der Waals surface area (Å²) in [7, 11) is -0.217. The highest BCUT2D eigenvalue weighted by atomic mass is 32.2. The second-order valence-electron chi connectivity index (χ2n) is 7.98. The molecule has 11 nitrogen and oxygen atoms in total. The summed E-state index contributed by atoms with van der Waals surface area (Å²) in [5.74, 6) is 1.14. The van der Waals surface area contributed by atoms with Crippen LogP contribution in [0.4, 0.5) is 16.3 Å². The number of nitrogens with zero attached hydrogens (tertiary/aromatic N) is 7. The monoisotopic (exact) mass is 473 g/mol. The van der Waals surface area contributed by atoms with Crippen LogP contribution in [0.1, 0.15) is 19.9 Å². The molecule has 4 rings (SSSR count).